The maximum Gasteiger partial charge on any atom is 0.283 e. The Kier molecular flexibility index (Phi) is 10.5. The minimum Gasteiger partial charge on any atom is -0.494 e. The van der Waals surface area contributed by atoms with Gasteiger partial charge in [-0.05, 0) is 51.4 Å². The van der Waals surface area contributed by atoms with Gasteiger partial charge in [-0.3, -0.25) is 9.69 Å². The number of piperidine rings is 1. The van der Waals surface area contributed by atoms with E-state index in [2.05, 4.69) is 54.2 Å². The first-order chi connectivity index (χ1) is 21.9. The van der Waals surface area contributed by atoms with Gasteiger partial charge in [0.2, 0.25) is 5.95 Å². The summed E-state index contributed by atoms with van der Waals surface area (Å²) in [5.41, 5.74) is 2.18. The van der Waals surface area contributed by atoms with Gasteiger partial charge in [0.05, 0.1) is 36.1 Å². The number of anilines is 6. The fraction of sp³-hybridized carbons (Fsp3) is 0.406. The van der Waals surface area contributed by atoms with Crippen LogP contribution in [-0.4, -0.2) is 98.5 Å². The number of nitrogens with one attached hydrogen (secondary N) is 3. The summed E-state index contributed by atoms with van der Waals surface area (Å²) in [5, 5.41) is 9.94. The van der Waals surface area contributed by atoms with Crippen molar-refractivity contribution in [3.8, 4) is 5.75 Å². The van der Waals surface area contributed by atoms with Gasteiger partial charge in [-0.1, -0.05) is 30.3 Å². The molecule has 1 amide bonds. The van der Waals surface area contributed by atoms with Gasteiger partial charge in [-0.2, -0.15) is 4.98 Å². The normalized spacial score (nSPS) is 16.6. The lowest BCUT2D eigenvalue weighted by atomic mass is 10.0. The molecule has 2 aliphatic rings. The topological polar surface area (TPSA) is 115 Å². The second-order valence-corrected chi connectivity index (χ2v) is 15.6. The fourth-order valence-electron chi connectivity index (χ4n) is 5.86. The largest absolute Gasteiger partial charge is 0.494 e. The third kappa shape index (κ3) is 7.98. The third-order valence-electron chi connectivity index (χ3n) is 8.40. The molecule has 3 heterocycles. The predicted molar refractivity (Wildman–Crippen MR) is 185 cm³/mol. The summed E-state index contributed by atoms with van der Waals surface area (Å²) in [7, 11) is 1.10. The molecular formula is C32H41ClFN8O3P. The van der Waals surface area contributed by atoms with E-state index in [0.717, 1.165) is 52.1 Å². The highest BCUT2D eigenvalue weighted by Crippen LogP contribution is 2.41. The minimum atomic E-state index is -2.60. The molecule has 246 valence electrons. The number of carbonyl (C=O) groups is 1. The van der Waals surface area contributed by atoms with E-state index >= 15 is 0 Å². The van der Waals surface area contributed by atoms with E-state index in [1.54, 1.807) is 32.6 Å². The highest BCUT2D eigenvalue weighted by atomic mass is 35.5. The van der Waals surface area contributed by atoms with Gasteiger partial charge in [0.15, 0.2) is 11.6 Å². The number of piperazine rings is 1. The molecule has 1 aromatic heterocycles. The summed E-state index contributed by atoms with van der Waals surface area (Å²) in [6.07, 6.45) is 3.39. The van der Waals surface area contributed by atoms with Crippen LogP contribution in [0, 0.1) is 0 Å². The van der Waals surface area contributed by atoms with Crippen molar-refractivity contribution in [1.29, 1.82) is 0 Å². The van der Waals surface area contributed by atoms with E-state index in [0.29, 0.717) is 45.7 Å². The third-order valence-corrected chi connectivity index (χ3v) is 10.2. The molecule has 0 radical (unpaired) electrons. The highest BCUT2D eigenvalue weighted by Gasteiger charge is 2.29. The Morgan fingerprint density at radius 1 is 1.04 bits per heavy atom. The molecule has 2 saturated heterocycles. The van der Waals surface area contributed by atoms with Crippen molar-refractivity contribution in [2.45, 2.75) is 18.9 Å². The first-order valence-corrected chi connectivity index (χ1v) is 18.2. The first kappa shape index (κ1) is 33.7. The van der Waals surface area contributed by atoms with Crippen LogP contribution in [0.3, 0.4) is 0 Å². The number of benzene rings is 2. The summed E-state index contributed by atoms with van der Waals surface area (Å²) in [6, 6.07) is 11.3. The summed E-state index contributed by atoms with van der Waals surface area (Å²) in [5.74, 6) is -1.05. The Balaban J connectivity index is 1.41. The molecule has 2 aliphatic heterocycles. The zero-order valence-corrected chi connectivity index (χ0v) is 28.3. The first-order valence-electron chi connectivity index (χ1n) is 15.2. The maximum atomic E-state index is 13.9. The van der Waals surface area contributed by atoms with Gasteiger partial charge >= 0.3 is 0 Å². The fourth-order valence-corrected chi connectivity index (χ4v) is 7.15. The summed E-state index contributed by atoms with van der Waals surface area (Å²) in [6.45, 7) is 12.3. The summed E-state index contributed by atoms with van der Waals surface area (Å²) < 4.78 is 32.5. The van der Waals surface area contributed by atoms with Gasteiger partial charge in [0.1, 0.15) is 17.9 Å². The molecule has 5 rings (SSSR count). The number of para-hydroxylation sites is 1. The second kappa shape index (κ2) is 14.4. The highest BCUT2D eigenvalue weighted by molar-refractivity contribution is 7.70. The SMILES string of the molecule is C=C(F)C(=O)Nc1cc(Nc2ncc(Cl)c(Nc3ccccc3P(C)(C)=O)n2)c(OC)cc1N1CCC(N2CCN(C)CC2)CC1. The monoisotopic (exact) mass is 670 g/mol. The van der Waals surface area contributed by atoms with Gasteiger partial charge in [0, 0.05) is 56.7 Å². The van der Waals surface area contributed by atoms with Crippen LogP contribution >= 0.6 is 18.7 Å². The van der Waals surface area contributed by atoms with Gasteiger partial charge in [0.25, 0.3) is 5.91 Å². The Hall–Kier alpha value is -3.70. The average molecular weight is 671 g/mol. The van der Waals surface area contributed by atoms with Crippen LogP contribution < -0.4 is 30.9 Å². The number of hydrogen-bond acceptors (Lipinski definition) is 10. The number of carbonyl (C=O) groups excluding carboxylic acids is 1. The Bertz CT molecular complexity index is 1640. The minimum absolute atomic E-state index is 0.187. The van der Waals surface area contributed by atoms with E-state index in [4.69, 9.17) is 16.3 Å². The van der Waals surface area contributed by atoms with E-state index in [9.17, 15) is 13.8 Å². The van der Waals surface area contributed by atoms with Crippen molar-refractivity contribution in [1.82, 2.24) is 19.8 Å². The number of rotatable bonds is 10. The van der Waals surface area contributed by atoms with Gasteiger partial charge in [-0.15, -0.1) is 0 Å². The zero-order valence-electron chi connectivity index (χ0n) is 26.6. The molecule has 0 aliphatic carbocycles. The van der Waals surface area contributed by atoms with Crippen LogP contribution in [0.5, 0.6) is 5.75 Å². The number of ether oxygens (including phenoxy) is 1. The number of nitrogens with zero attached hydrogens (tertiary/aromatic N) is 5. The second-order valence-electron chi connectivity index (χ2n) is 12.0. The molecule has 3 N–H and O–H groups in total. The molecule has 0 atom stereocenters. The summed E-state index contributed by atoms with van der Waals surface area (Å²) >= 11 is 6.45. The number of likely N-dealkylation sites (N-methyl/N-ethyl adjacent to an activating group) is 1. The quantitative estimate of drug-likeness (QED) is 0.188. The molecule has 3 aromatic rings. The average Bonchev–Trinajstić information content (AvgIpc) is 3.03. The van der Waals surface area contributed by atoms with Gasteiger partial charge < -0.3 is 35.1 Å². The molecule has 2 fully saturated rings. The van der Waals surface area contributed by atoms with Crippen molar-refractivity contribution in [2.75, 3.05) is 87.6 Å². The maximum absolute atomic E-state index is 13.9. The van der Waals surface area contributed by atoms with Crippen LogP contribution in [0.25, 0.3) is 0 Å². The van der Waals surface area contributed by atoms with Gasteiger partial charge in [-0.25, -0.2) is 9.37 Å². The van der Waals surface area contributed by atoms with E-state index in [1.165, 1.54) is 6.20 Å². The lowest BCUT2D eigenvalue weighted by Crippen LogP contribution is -2.52. The molecule has 0 unspecified atom stereocenters. The Morgan fingerprint density at radius 3 is 2.39 bits per heavy atom. The van der Waals surface area contributed by atoms with E-state index in [-0.39, 0.29) is 11.0 Å². The number of hydrogen-bond donors (Lipinski definition) is 3. The molecule has 0 spiro atoms. The van der Waals surface area contributed by atoms with Crippen molar-refractivity contribution in [3.63, 3.8) is 0 Å². The molecule has 0 saturated carbocycles. The smallest absolute Gasteiger partial charge is 0.283 e. The van der Waals surface area contributed by atoms with Crippen LogP contribution in [0.1, 0.15) is 12.8 Å². The van der Waals surface area contributed by atoms with E-state index in [1.807, 2.05) is 24.3 Å². The molecule has 46 heavy (non-hydrogen) atoms. The van der Waals surface area contributed by atoms with Crippen molar-refractivity contribution >= 4 is 64.5 Å². The van der Waals surface area contributed by atoms with Crippen molar-refractivity contribution in [2.24, 2.45) is 0 Å². The van der Waals surface area contributed by atoms with Crippen LogP contribution in [0.4, 0.5) is 38.9 Å². The zero-order chi connectivity index (χ0) is 33.0. The molecule has 11 nitrogen and oxygen atoms in total. The number of amides is 1. The van der Waals surface area contributed by atoms with Crippen molar-refractivity contribution < 1.29 is 18.5 Å². The Labute approximate surface area is 274 Å². The van der Waals surface area contributed by atoms with Crippen LogP contribution in [0.15, 0.2) is 55.0 Å². The molecular weight excluding hydrogens is 630 g/mol. The molecule has 14 heteroatoms. The van der Waals surface area contributed by atoms with Crippen LogP contribution in [0.2, 0.25) is 5.02 Å². The van der Waals surface area contributed by atoms with E-state index < -0.39 is 18.9 Å². The molecule has 0 bridgehead atoms. The standard InChI is InChI=1S/C32H41ClFN8O3P/c1-21(34)31(43)37-25-18-26(28(45-3)19-27(25)42-12-10-22(11-13-42)41-16-14-40(2)15-17-41)38-32-35-20-23(33)30(39-32)36-24-8-6-7-9-29(24)46(4,5)44/h6-9,18-20,22H,1,10-17H2,2-5H3,(H,37,43)(H2,35,36,38,39). The number of halogens is 2. The number of methoxy groups -OCH3 is 1. The summed E-state index contributed by atoms with van der Waals surface area (Å²) in [4.78, 5) is 28.5. The predicted octanol–water partition coefficient (Wildman–Crippen LogP) is 5.51. The van der Waals surface area contributed by atoms with Crippen molar-refractivity contribution in [3.05, 3.63) is 60.0 Å². The lowest BCUT2D eigenvalue weighted by Gasteiger charge is -2.43. The number of aromatic nitrogens is 2. The van der Waals surface area contributed by atoms with Crippen LogP contribution in [-0.2, 0) is 9.36 Å². The molecule has 2 aromatic carbocycles. The lowest BCUT2D eigenvalue weighted by molar-refractivity contribution is -0.114. The Morgan fingerprint density at radius 2 is 1.74 bits per heavy atom.